The largest absolute Gasteiger partial charge is 0.468 e. The maximum Gasteiger partial charge on any atom is 0.422 e. The quantitative estimate of drug-likeness (QED) is 0.444. The average Bonchev–Trinajstić information content (AvgIpc) is 3.14. The number of carbonyl (C=O) groups is 1. The third kappa shape index (κ3) is 6.37. The molecule has 3 aromatic heterocycles. The predicted molar refractivity (Wildman–Crippen MR) is 107 cm³/mol. The van der Waals surface area contributed by atoms with Gasteiger partial charge in [0.1, 0.15) is 0 Å². The molecule has 3 rings (SSSR count). The lowest BCUT2D eigenvalue weighted by Crippen LogP contribution is -2.34. The van der Waals surface area contributed by atoms with E-state index in [4.69, 9.17) is 9.84 Å². The van der Waals surface area contributed by atoms with Crippen LogP contribution in [0.1, 0.15) is 16.8 Å². The van der Waals surface area contributed by atoms with Gasteiger partial charge in [0.2, 0.25) is 11.8 Å². The molecule has 0 unspecified atom stereocenters. The Hall–Kier alpha value is -3.25. The summed E-state index contributed by atoms with van der Waals surface area (Å²) in [4.78, 5) is 20.3. The topological polar surface area (TPSA) is 122 Å². The van der Waals surface area contributed by atoms with E-state index in [1.807, 2.05) is 0 Å². The van der Waals surface area contributed by atoms with Crippen LogP contribution < -0.4 is 10.1 Å². The standard InChI is InChI=1S/C20H22F3N5O4/c1-12-4-13(6-26-19(12)32-11-20(21,22)23)8-28-9-15-16(27-28)2-3-24-17(15)5-18(31)25-7-14(30)10-29/h2-4,6,9,14,29-30H,5,7-8,10-11H2,1H3,(H,25,31)/t14-/m1/s1. The minimum atomic E-state index is -4.44. The van der Waals surface area contributed by atoms with E-state index >= 15 is 0 Å². The molecule has 0 aromatic carbocycles. The van der Waals surface area contributed by atoms with Gasteiger partial charge < -0.3 is 20.3 Å². The molecule has 0 aliphatic heterocycles. The van der Waals surface area contributed by atoms with Crippen molar-refractivity contribution in [3.8, 4) is 5.88 Å². The van der Waals surface area contributed by atoms with Crippen molar-refractivity contribution < 1.29 is 32.9 Å². The predicted octanol–water partition coefficient (Wildman–Crippen LogP) is 1.14. The van der Waals surface area contributed by atoms with Crippen LogP contribution in [0.4, 0.5) is 13.2 Å². The van der Waals surface area contributed by atoms with Crippen molar-refractivity contribution in [3.05, 3.63) is 47.5 Å². The van der Waals surface area contributed by atoms with Crippen molar-refractivity contribution in [2.75, 3.05) is 19.8 Å². The third-order valence-corrected chi connectivity index (χ3v) is 4.44. The summed E-state index contributed by atoms with van der Waals surface area (Å²) in [6, 6.07) is 3.37. The number of fused-ring (bicyclic) bond motifs is 1. The molecule has 0 saturated carbocycles. The molecule has 0 radical (unpaired) electrons. The number of ether oxygens (including phenoxy) is 1. The van der Waals surface area contributed by atoms with Crippen LogP contribution in [0.5, 0.6) is 5.88 Å². The number of hydrogen-bond acceptors (Lipinski definition) is 7. The summed E-state index contributed by atoms with van der Waals surface area (Å²) in [5.41, 5.74) is 2.29. The molecular formula is C20H22F3N5O4. The zero-order valence-electron chi connectivity index (χ0n) is 17.1. The zero-order chi connectivity index (χ0) is 23.3. The average molecular weight is 453 g/mol. The number of hydrogen-bond donors (Lipinski definition) is 3. The van der Waals surface area contributed by atoms with Crippen LogP contribution >= 0.6 is 0 Å². The van der Waals surface area contributed by atoms with Gasteiger partial charge in [0.15, 0.2) is 6.61 Å². The lowest BCUT2D eigenvalue weighted by atomic mass is 10.2. The highest BCUT2D eigenvalue weighted by molar-refractivity contribution is 5.86. The number of nitrogens with zero attached hydrogens (tertiary/aromatic N) is 4. The number of amides is 1. The lowest BCUT2D eigenvalue weighted by molar-refractivity contribution is -0.154. The Morgan fingerprint density at radius 3 is 2.81 bits per heavy atom. The molecule has 0 spiro atoms. The number of halogens is 3. The van der Waals surface area contributed by atoms with Crippen LogP contribution in [0.3, 0.4) is 0 Å². The maximum absolute atomic E-state index is 12.3. The molecule has 12 heteroatoms. The van der Waals surface area contributed by atoms with Crippen molar-refractivity contribution in [1.29, 1.82) is 0 Å². The number of pyridine rings is 2. The van der Waals surface area contributed by atoms with Gasteiger partial charge in [-0.1, -0.05) is 0 Å². The number of rotatable bonds is 9. The smallest absolute Gasteiger partial charge is 0.422 e. The molecule has 9 nitrogen and oxygen atoms in total. The fraction of sp³-hybridized carbons (Fsp3) is 0.400. The first kappa shape index (κ1) is 23.4. The van der Waals surface area contributed by atoms with Gasteiger partial charge >= 0.3 is 6.18 Å². The Balaban J connectivity index is 1.70. The SMILES string of the molecule is Cc1cc(Cn2cc3c(CC(=O)NC[C@@H](O)CO)nccc3n2)cnc1OCC(F)(F)F. The molecular weight excluding hydrogens is 431 g/mol. The summed E-state index contributed by atoms with van der Waals surface area (Å²) < 4.78 is 43.3. The van der Waals surface area contributed by atoms with E-state index in [2.05, 4.69) is 20.4 Å². The first-order chi connectivity index (χ1) is 15.1. The molecule has 0 saturated heterocycles. The first-order valence-electron chi connectivity index (χ1n) is 9.66. The van der Waals surface area contributed by atoms with Crippen LogP contribution in [-0.4, -0.2) is 67.9 Å². The van der Waals surface area contributed by atoms with Gasteiger partial charge in [-0.15, -0.1) is 0 Å². The molecule has 32 heavy (non-hydrogen) atoms. The molecule has 0 bridgehead atoms. The van der Waals surface area contributed by atoms with E-state index in [1.54, 1.807) is 29.9 Å². The third-order valence-electron chi connectivity index (χ3n) is 4.44. The number of aryl methyl sites for hydroxylation is 1. The molecule has 0 aliphatic rings. The Morgan fingerprint density at radius 1 is 1.34 bits per heavy atom. The Labute approximate surface area is 180 Å². The van der Waals surface area contributed by atoms with Crippen molar-refractivity contribution in [2.45, 2.75) is 32.2 Å². The van der Waals surface area contributed by atoms with Gasteiger partial charge in [-0.05, 0) is 24.6 Å². The summed E-state index contributed by atoms with van der Waals surface area (Å²) in [5, 5.41) is 25.8. The van der Waals surface area contributed by atoms with Crippen LogP contribution in [-0.2, 0) is 17.8 Å². The first-order valence-corrected chi connectivity index (χ1v) is 9.66. The second kappa shape index (κ2) is 9.92. The molecule has 3 heterocycles. The van der Waals surface area contributed by atoms with Gasteiger partial charge in [0, 0.05) is 36.1 Å². The van der Waals surface area contributed by atoms with Gasteiger partial charge in [-0.3, -0.25) is 14.5 Å². The van der Waals surface area contributed by atoms with Gasteiger partial charge in [-0.25, -0.2) is 4.98 Å². The van der Waals surface area contributed by atoms with E-state index in [0.29, 0.717) is 34.3 Å². The normalized spacial score (nSPS) is 12.7. The van der Waals surface area contributed by atoms with Crippen LogP contribution in [0.2, 0.25) is 0 Å². The summed E-state index contributed by atoms with van der Waals surface area (Å²) in [6.07, 6.45) is -0.839. The fourth-order valence-corrected chi connectivity index (χ4v) is 2.98. The van der Waals surface area contributed by atoms with Crippen molar-refractivity contribution >= 4 is 16.8 Å². The monoisotopic (exact) mass is 453 g/mol. The molecule has 0 aliphatic carbocycles. The Bertz CT molecular complexity index is 1090. The van der Waals surface area contributed by atoms with Crippen molar-refractivity contribution in [2.24, 2.45) is 0 Å². The Morgan fingerprint density at radius 2 is 2.12 bits per heavy atom. The summed E-state index contributed by atoms with van der Waals surface area (Å²) >= 11 is 0. The van der Waals surface area contributed by atoms with E-state index in [0.717, 1.165) is 0 Å². The van der Waals surface area contributed by atoms with Crippen molar-refractivity contribution in [3.63, 3.8) is 0 Å². The highest BCUT2D eigenvalue weighted by Gasteiger charge is 2.29. The second-order valence-electron chi connectivity index (χ2n) is 7.20. The molecule has 172 valence electrons. The molecule has 3 aromatic rings. The minimum absolute atomic E-state index is 0.0346. The number of nitrogens with one attached hydrogen (secondary N) is 1. The number of carbonyl (C=O) groups excluding carboxylic acids is 1. The number of alkyl halides is 3. The van der Waals surface area contributed by atoms with Gasteiger partial charge in [0.05, 0.1) is 36.9 Å². The zero-order valence-corrected chi connectivity index (χ0v) is 17.1. The van der Waals surface area contributed by atoms with Crippen molar-refractivity contribution in [1.82, 2.24) is 25.1 Å². The molecule has 1 atom stereocenters. The van der Waals surface area contributed by atoms with Gasteiger partial charge in [0.25, 0.3) is 0 Å². The molecule has 1 amide bonds. The van der Waals surface area contributed by atoms with Crippen LogP contribution in [0, 0.1) is 6.92 Å². The minimum Gasteiger partial charge on any atom is -0.468 e. The molecule has 0 fully saturated rings. The number of aliphatic hydroxyl groups excluding tert-OH is 2. The van der Waals surface area contributed by atoms with Crippen LogP contribution in [0.25, 0.3) is 10.9 Å². The highest BCUT2D eigenvalue weighted by Crippen LogP contribution is 2.21. The second-order valence-corrected chi connectivity index (χ2v) is 7.20. The summed E-state index contributed by atoms with van der Waals surface area (Å²) in [6.45, 7) is -0.0239. The summed E-state index contributed by atoms with van der Waals surface area (Å²) in [5.74, 6) is -0.444. The van der Waals surface area contributed by atoms with Gasteiger partial charge in [-0.2, -0.15) is 18.3 Å². The summed E-state index contributed by atoms with van der Waals surface area (Å²) in [7, 11) is 0. The van der Waals surface area contributed by atoms with E-state index < -0.39 is 25.5 Å². The van der Waals surface area contributed by atoms with E-state index in [9.17, 15) is 23.1 Å². The highest BCUT2D eigenvalue weighted by atomic mass is 19.4. The molecule has 3 N–H and O–H groups in total. The lowest BCUT2D eigenvalue weighted by Gasteiger charge is -2.11. The van der Waals surface area contributed by atoms with E-state index in [-0.39, 0.29) is 24.8 Å². The van der Waals surface area contributed by atoms with E-state index in [1.165, 1.54) is 12.4 Å². The van der Waals surface area contributed by atoms with Crippen LogP contribution in [0.15, 0.2) is 30.7 Å². The fourth-order valence-electron chi connectivity index (χ4n) is 2.98. The number of aliphatic hydroxyl groups is 2. The maximum atomic E-state index is 12.3. The number of aromatic nitrogens is 4. The Kier molecular flexibility index (Phi) is 7.26.